The lowest BCUT2D eigenvalue weighted by Gasteiger charge is -2.13. The van der Waals surface area contributed by atoms with Gasteiger partial charge in [-0.2, -0.15) is 0 Å². The molecule has 3 aromatic rings. The van der Waals surface area contributed by atoms with E-state index in [4.69, 9.17) is 10.5 Å². The molecule has 0 amide bonds. The van der Waals surface area contributed by atoms with Crippen LogP contribution in [0.2, 0.25) is 0 Å². The van der Waals surface area contributed by atoms with E-state index in [1.54, 1.807) is 36.4 Å². The summed E-state index contributed by atoms with van der Waals surface area (Å²) in [6.07, 6.45) is 0.0465. The summed E-state index contributed by atoms with van der Waals surface area (Å²) >= 11 is 0. The van der Waals surface area contributed by atoms with E-state index in [1.807, 2.05) is 12.1 Å². The number of hydrogen-bond acceptors (Lipinski definition) is 7. The molecule has 0 aliphatic carbocycles. The summed E-state index contributed by atoms with van der Waals surface area (Å²) in [5, 5.41) is 22.4. The van der Waals surface area contributed by atoms with Crippen molar-refractivity contribution in [2.75, 3.05) is 30.2 Å². The van der Waals surface area contributed by atoms with Crippen LogP contribution >= 0.6 is 0 Å². The predicted octanol–water partition coefficient (Wildman–Crippen LogP) is 2.35. The molecule has 1 atom stereocenters. The Hall–Kier alpha value is -3.27. The first-order valence-corrected chi connectivity index (χ1v) is 11.6. The van der Waals surface area contributed by atoms with Crippen molar-refractivity contribution in [1.29, 1.82) is 0 Å². The molecular formula is C23H27N3O5S. The SMILES string of the molecule is Nc1ccc(S(=O)(=O)Nc2ccc(CCNC[C@H](O)COc3ccc(O)cc3)cc2)cc1. The molecule has 6 N–H and O–H groups in total. The molecular weight excluding hydrogens is 430 g/mol. The fraction of sp³-hybridized carbons (Fsp3) is 0.217. The summed E-state index contributed by atoms with van der Waals surface area (Å²) in [4.78, 5) is 0.146. The topological polar surface area (TPSA) is 134 Å². The predicted molar refractivity (Wildman–Crippen MR) is 124 cm³/mol. The van der Waals surface area contributed by atoms with Gasteiger partial charge in [-0.1, -0.05) is 12.1 Å². The number of anilines is 2. The quantitative estimate of drug-likeness (QED) is 0.220. The number of rotatable bonds is 11. The molecule has 3 rings (SSSR count). The third kappa shape index (κ3) is 7.16. The van der Waals surface area contributed by atoms with Crippen LogP contribution in [0.5, 0.6) is 11.5 Å². The number of phenols is 1. The van der Waals surface area contributed by atoms with E-state index >= 15 is 0 Å². The molecule has 8 nitrogen and oxygen atoms in total. The normalized spacial score (nSPS) is 12.3. The van der Waals surface area contributed by atoms with E-state index in [-0.39, 0.29) is 17.3 Å². The van der Waals surface area contributed by atoms with E-state index in [2.05, 4.69) is 10.0 Å². The van der Waals surface area contributed by atoms with Crippen LogP contribution in [0.25, 0.3) is 0 Å². The van der Waals surface area contributed by atoms with Gasteiger partial charge in [-0.25, -0.2) is 8.42 Å². The van der Waals surface area contributed by atoms with Gasteiger partial charge in [0.1, 0.15) is 24.2 Å². The number of nitrogens with two attached hydrogens (primary N) is 1. The molecule has 0 aromatic heterocycles. The molecule has 0 radical (unpaired) electrons. The van der Waals surface area contributed by atoms with Crippen LogP contribution in [-0.2, 0) is 16.4 Å². The Balaban J connectivity index is 1.39. The van der Waals surface area contributed by atoms with Crippen molar-refractivity contribution in [3.05, 3.63) is 78.4 Å². The van der Waals surface area contributed by atoms with Crippen molar-refractivity contribution in [1.82, 2.24) is 5.32 Å². The number of nitrogens with one attached hydrogen (secondary N) is 2. The second kappa shape index (κ2) is 10.9. The molecule has 32 heavy (non-hydrogen) atoms. The van der Waals surface area contributed by atoms with Crippen LogP contribution in [0.3, 0.4) is 0 Å². The Morgan fingerprint density at radius 3 is 2.25 bits per heavy atom. The minimum Gasteiger partial charge on any atom is -0.508 e. The van der Waals surface area contributed by atoms with Crippen molar-refractivity contribution in [3.63, 3.8) is 0 Å². The largest absolute Gasteiger partial charge is 0.508 e. The van der Waals surface area contributed by atoms with Gasteiger partial charge in [0.25, 0.3) is 10.0 Å². The van der Waals surface area contributed by atoms with Crippen molar-refractivity contribution in [3.8, 4) is 11.5 Å². The molecule has 0 fully saturated rings. The van der Waals surface area contributed by atoms with Gasteiger partial charge in [-0.05, 0) is 79.2 Å². The Kier molecular flexibility index (Phi) is 7.93. The Bertz CT molecular complexity index is 1090. The zero-order valence-corrected chi connectivity index (χ0v) is 18.3. The highest BCUT2D eigenvalue weighted by Crippen LogP contribution is 2.18. The van der Waals surface area contributed by atoms with Crippen molar-refractivity contribution in [2.24, 2.45) is 0 Å². The maximum Gasteiger partial charge on any atom is 0.261 e. The molecule has 3 aromatic carbocycles. The number of hydrogen-bond donors (Lipinski definition) is 5. The highest BCUT2D eigenvalue weighted by atomic mass is 32.2. The summed E-state index contributed by atoms with van der Waals surface area (Å²) in [5.41, 5.74) is 7.60. The first kappa shape index (κ1) is 23.4. The number of nitrogen functional groups attached to an aromatic ring is 1. The average Bonchev–Trinajstić information content (AvgIpc) is 2.77. The molecule has 9 heteroatoms. The van der Waals surface area contributed by atoms with Crippen molar-refractivity contribution in [2.45, 2.75) is 17.4 Å². The van der Waals surface area contributed by atoms with Gasteiger partial charge >= 0.3 is 0 Å². The maximum atomic E-state index is 12.4. The minimum absolute atomic E-state index is 0.140. The fourth-order valence-corrected chi connectivity index (χ4v) is 3.95. The first-order chi connectivity index (χ1) is 15.3. The van der Waals surface area contributed by atoms with E-state index in [0.29, 0.717) is 30.2 Å². The summed E-state index contributed by atoms with van der Waals surface area (Å²) < 4.78 is 32.9. The van der Waals surface area contributed by atoms with Crippen LogP contribution in [0.15, 0.2) is 77.7 Å². The maximum absolute atomic E-state index is 12.4. The van der Waals surface area contributed by atoms with Gasteiger partial charge in [-0.3, -0.25) is 4.72 Å². The fourth-order valence-electron chi connectivity index (χ4n) is 2.90. The van der Waals surface area contributed by atoms with Gasteiger partial charge in [-0.15, -0.1) is 0 Å². The Morgan fingerprint density at radius 2 is 1.59 bits per heavy atom. The smallest absolute Gasteiger partial charge is 0.261 e. The van der Waals surface area contributed by atoms with Gasteiger partial charge in [0.05, 0.1) is 4.90 Å². The molecule has 0 spiro atoms. The zero-order chi connectivity index (χ0) is 23.0. The van der Waals surface area contributed by atoms with Crippen LogP contribution in [-0.4, -0.2) is 44.4 Å². The highest BCUT2D eigenvalue weighted by Gasteiger charge is 2.13. The highest BCUT2D eigenvalue weighted by molar-refractivity contribution is 7.92. The van der Waals surface area contributed by atoms with E-state index in [0.717, 1.165) is 12.0 Å². The second-order valence-electron chi connectivity index (χ2n) is 7.28. The first-order valence-electron chi connectivity index (χ1n) is 10.1. The monoisotopic (exact) mass is 457 g/mol. The average molecular weight is 458 g/mol. The standard InChI is InChI=1S/C23H27N3O5S/c24-18-3-11-23(12-4-18)32(29,30)26-19-5-1-17(2-6-19)13-14-25-15-21(28)16-31-22-9-7-20(27)8-10-22/h1-12,21,25-28H,13-16,24H2/t21-/m0/s1. The molecule has 0 aliphatic rings. The minimum atomic E-state index is -3.67. The number of benzene rings is 3. The van der Waals surface area contributed by atoms with E-state index in [9.17, 15) is 18.6 Å². The van der Waals surface area contributed by atoms with Crippen molar-refractivity contribution < 1.29 is 23.4 Å². The second-order valence-corrected chi connectivity index (χ2v) is 8.97. The number of ether oxygens (including phenoxy) is 1. The molecule has 0 aliphatic heterocycles. The summed E-state index contributed by atoms with van der Waals surface area (Å²) in [6.45, 7) is 1.16. The summed E-state index contributed by atoms with van der Waals surface area (Å²) in [6, 6.07) is 19.5. The lowest BCUT2D eigenvalue weighted by molar-refractivity contribution is 0.106. The molecule has 170 valence electrons. The van der Waals surface area contributed by atoms with E-state index < -0.39 is 16.1 Å². The zero-order valence-electron chi connectivity index (χ0n) is 17.4. The lowest BCUT2D eigenvalue weighted by Crippen LogP contribution is -2.32. The molecule has 0 bridgehead atoms. The number of aromatic hydroxyl groups is 1. The summed E-state index contributed by atoms with van der Waals surface area (Å²) in [5.74, 6) is 0.737. The van der Waals surface area contributed by atoms with Crippen molar-refractivity contribution >= 4 is 21.4 Å². The van der Waals surface area contributed by atoms with Gasteiger partial charge in [0, 0.05) is 17.9 Å². The van der Waals surface area contributed by atoms with Gasteiger partial charge in [0.2, 0.25) is 0 Å². The van der Waals surface area contributed by atoms with Crippen LogP contribution in [0, 0.1) is 0 Å². The summed E-state index contributed by atoms with van der Waals surface area (Å²) in [7, 11) is -3.67. The third-order valence-electron chi connectivity index (χ3n) is 4.65. The number of phenolic OH excluding ortho intramolecular Hbond substituents is 1. The molecule has 0 unspecified atom stereocenters. The molecule has 0 saturated carbocycles. The number of aliphatic hydroxyl groups excluding tert-OH is 1. The third-order valence-corrected chi connectivity index (χ3v) is 6.04. The van der Waals surface area contributed by atoms with Crippen LogP contribution in [0.1, 0.15) is 5.56 Å². The van der Waals surface area contributed by atoms with E-state index in [1.165, 1.54) is 24.3 Å². The molecule has 0 saturated heterocycles. The lowest BCUT2D eigenvalue weighted by atomic mass is 10.1. The number of aliphatic hydroxyl groups is 1. The Morgan fingerprint density at radius 1 is 0.938 bits per heavy atom. The van der Waals surface area contributed by atoms with Crippen LogP contribution in [0.4, 0.5) is 11.4 Å². The van der Waals surface area contributed by atoms with Crippen LogP contribution < -0.4 is 20.5 Å². The van der Waals surface area contributed by atoms with Gasteiger partial charge < -0.3 is 26.0 Å². The Labute approximate surface area is 187 Å². The molecule has 0 heterocycles. The van der Waals surface area contributed by atoms with Gasteiger partial charge in [0.15, 0.2) is 0 Å². The number of sulfonamides is 1.